The highest BCUT2D eigenvalue weighted by atomic mass is 19.4. The summed E-state index contributed by atoms with van der Waals surface area (Å²) in [4.78, 5) is 34.1. The Bertz CT molecular complexity index is 991. The van der Waals surface area contributed by atoms with Gasteiger partial charge in [-0.15, -0.1) is 0 Å². The number of amides is 2. The Kier molecular flexibility index (Phi) is 5.60. The fraction of sp³-hybridized carbons (Fsp3) is 0.409. The van der Waals surface area contributed by atoms with Gasteiger partial charge in [-0.05, 0) is 48.7 Å². The lowest BCUT2D eigenvalue weighted by Crippen LogP contribution is -2.35. The second-order valence-corrected chi connectivity index (χ2v) is 7.80. The van der Waals surface area contributed by atoms with Crippen molar-refractivity contribution < 1.29 is 22.8 Å². The summed E-state index contributed by atoms with van der Waals surface area (Å²) >= 11 is 0. The molecule has 31 heavy (non-hydrogen) atoms. The molecule has 0 radical (unpaired) electrons. The largest absolute Gasteiger partial charge is 0.417 e. The standard InChI is InChI=1S/C22H23F3N4O2/c1-15(30)29-10-7-16-13-17(3-5-19(16)29)21(31)28-9-2-8-27(11-12-28)20-6-4-18(14-26-20)22(23,24)25/h3-6,13-14H,2,7-12H2,1H3. The van der Waals surface area contributed by atoms with Gasteiger partial charge in [0, 0.05) is 57.1 Å². The third kappa shape index (κ3) is 4.35. The topological polar surface area (TPSA) is 56.8 Å². The van der Waals surface area contributed by atoms with Crippen LogP contribution in [0, 0.1) is 0 Å². The van der Waals surface area contributed by atoms with Crippen molar-refractivity contribution in [2.24, 2.45) is 0 Å². The summed E-state index contributed by atoms with van der Waals surface area (Å²) in [6.07, 6.45) is -2.15. The normalized spacial score (nSPS) is 16.8. The molecule has 1 fully saturated rings. The quantitative estimate of drug-likeness (QED) is 0.730. The molecule has 0 aliphatic carbocycles. The number of nitrogens with zero attached hydrogens (tertiary/aromatic N) is 4. The highest BCUT2D eigenvalue weighted by molar-refractivity contribution is 5.98. The first-order chi connectivity index (χ1) is 14.7. The van der Waals surface area contributed by atoms with E-state index in [-0.39, 0.29) is 11.8 Å². The Labute approximate surface area is 178 Å². The number of fused-ring (bicyclic) bond motifs is 1. The molecule has 164 valence electrons. The third-order valence-electron chi connectivity index (χ3n) is 5.78. The van der Waals surface area contributed by atoms with E-state index in [1.165, 1.54) is 13.0 Å². The first-order valence-corrected chi connectivity index (χ1v) is 10.2. The lowest BCUT2D eigenvalue weighted by molar-refractivity contribution is -0.137. The second kappa shape index (κ2) is 8.20. The molecule has 2 aliphatic heterocycles. The van der Waals surface area contributed by atoms with Crippen LogP contribution in [0.15, 0.2) is 36.5 Å². The minimum Gasteiger partial charge on any atom is -0.355 e. The maximum absolute atomic E-state index is 13.1. The van der Waals surface area contributed by atoms with E-state index in [1.807, 2.05) is 17.0 Å². The molecule has 0 bridgehead atoms. The summed E-state index contributed by atoms with van der Waals surface area (Å²) in [5.74, 6) is 0.387. The Morgan fingerprint density at radius 1 is 1.00 bits per heavy atom. The summed E-state index contributed by atoms with van der Waals surface area (Å²) in [7, 11) is 0. The molecule has 6 nitrogen and oxygen atoms in total. The zero-order chi connectivity index (χ0) is 22.2. The van der Waals surface area contributed by atoms with E-state index in [0.717, 1.165) is 29.9 Å². The van der Waals surface area contributed by atoms with E-state index in [0.29, 0.717) is 50.5 Å². The van der Waals surface area contributed by atoms with Crippen molar-refractivity contribution in [2.75, 3.05) is 42.5 Å². The van der Waals surface area contributed by atoms with Gasteiger partial charge in [-0.1, -0.05) is 0 Å². The van der Waals surface area contributed by atoms with E-state index in [9.17, 15) is 22.8 Å². The number of halogens is 3. The van der Waals surface area contributed by atoms with Gasteiger partial charge in [-0.3, -0.25) is 9.59 Å². The van der Waals surface area contributed by atoms with E-state index in [2.05, 4.69) is 4.98 Å². The van der Waals surface area contributed by atoms with Crippen LogP contribution in [0.1, 0.15) is 34.8 Å². The SMILES string of the molecule is CC(=O)N1CCc2cc(C(=O)N3CCCN(c4ccc(C(F)(F)F)cn4)CC3)ccc21. The number of anilines is 2. The molecule has 1 aromatic carbocycles. The summed E-state index contributed by atoms with van der Waals surface area (Å²) in [6.45, 7) is 4.28. The van der Waals surface area contributed by atoms with Gasteiger partial charge in [0.2, 0.25) is 5.91 Å². The Morgan fingerprint density at radius 2 is 1.81 bits per heavy atom. The van der Waals surface area contributed by atoms with E-state index < -0.39 is 11.7 Å². The highest BCUT2D eigenvalue weighted by Gasteiger charge is 2.31. The minimum atomic E-state index is -4.41. The van der Waals surface area contributed by atoms with Crippen molar-refractivity contribution in [1.82, 2.24) is 9.88 Å². The van der Waals surface area contributed by atoms with Crippen molar-refractivity contribution in [3.63, 3.8) is 0 Å². The lowest BCUT2D eigenvalue weighted by Gasteiger charge is -2.23. The molecular formula is C22H23F3N4O2. The average molecular weight is 432 g/mol. The zero-order valence-electron chi connectivity index (χ0n) is 17.2. The summed E-state index contributed by atoms with van der Waals surface area (Å²) in [5, 5.41) is 0. The van der Waals surface area contributed by atoms with Crippen LogP contribution in [0.2, 0.25) is 0 Å². The molecule has 0 spiro atoms. The number of pyridine rings is 1. The van der Waals surface area contributed by atoms with Crippen LogP contribution in [0.25, 0.3) is 0 Å². The average Bonchev–Trinajstić information content (AvgIpc) is 3.01. The Morgan fingerprint density at radius 3 is 2.48 bits per heavy atom. The van der Waals surface area contributed by atoms with Crippen LogP contribution in [0.4, 0.5) is 24.7 Å². The van der Waals surface area contributed by atoms with Crippen molar-refractivity contribution in [3.8, 4) is 0 Å². The number of carbonyl (C=O) groups excluding carboxylic acids is 2. The molecule has 0 atom stereocenters. The summed E-state index contributed by atoms with van der Waals surface area (Å²) in [5.41, 5.74) is 1.67. The second-order valence-electron chi connectivity index (χ2n) is 7.80. The number of carbonyl (C=O) groups is 2. The molecule has 1 saturated heterocycles. The number of rotatable bonds is 2. The fourth-order valence-electron chi connectivity index (χ4n) is 4.13. The molecule has 2 aliphatic rings. The maximum Gasteiger partial charge on any atom is 0.417 e. The van der Waals surface area contributed by atoms with Gasteiger partial charge < -0.3 is 14.7 Å². The predicted octanol–water partition coefficient (Wildman–Crippen LogP) is 3.36. The van der Waals surface area contributed by atoms with E-state index >= 15 is 0 Å². The molecule has 0 saturated carbocycles. The smallest absolute Gasteiger partial charge is 0.355 e. The van der Waals surface area contributed by atoms with Gasteiger partial charge in [0.25, 0.3) is 5.91 Å². The minimum absolute atomic E-state index is 0.0117. The molecule has 0 N–H and O–H groups in total. The molecular weight excluding hydrogens is 409 g/mol. The molecule has 9 heteroatoms. The predicted molar refractivity (Wildman–Crippen MR) is 110 cm³/mol. The van der Waals surface area contributed by atoms with Crippen LogP contribution < -0.4 is 9.80 Å². The van der Waals surface area contributed by atoms with Crippen molar-refractivity contribution in [1.29, 1.82) is 0 Å². The summed E-state index contributed by atoms with van der Waals surface area (Å²) in [6, 6.07) is 7.85. The van der Waals surface area contributed by atoms with Crippen LogP contribution >= 0.6 is 0 Å². The molecule has 3 heterocycles. The Hall–Kier alpha value is -3.10. The number of alkyl halides is 3. The van der Waals surface area contributed by atoms with Crippen molar-refractivity contribution >= 4 is 23.3 Å². The van der Waals surface area contributed by atoms with E-state index in [4.69, 9.17) is 0 Å². The van der Waals surface area contributed by atoms with Gasteiger partial charge in [0.05, 0.1) is 5.56 Å². The van der Waals surface area contributed by atoms with Gasteiger partial charge in [-0.25, -0.2) is 4.98 Å². The number of hydrogen-bond donors (Lipinski definition) is 0. The van der Waals surface area contributed by atoms with Crippen molar-refractivity contribution in [2.45, 2.75) is 25.9 Å². The maximum atomic E-state index is 13.1. The van der Waals surface area contributed by atoms with Gasteiger partial charge in [-0.2, -0.15) is 13.2 Å². The third-order valence-corrected chi connectivity index (χ3v) is 5.78. The van der Waals surface area contributed by atoms with E-state index in [1.54, 1.807) is 15.9 Å². The number of hydrogen-bond acceptors (Lipinski definition) is 4. The Balaban J connectivity index is 1.43. The van der Waals surface area contributed by atoms with Crippen LogP contribution in [0.3, 0.4) is 0 Å². The van der Waals surface area contributed by atoms with Crippen LogP contribution in [-0.2, 0) is 17.4 Å². The molecule has 2 aromatic rings. The van der Waals surface area contributed by atoms with Gasteiger partial charge in [0.15, 0.2) is 0 Å². The first-order valence-electron chi connectivity index (χ1n) is 10.2. The molecule has 0 unspecified atom stereocenters. The molecule has 1 aromatic heterocycles. The fourth-order valence-corrected chi connectivity index (χ4v) is 4.13. The number of benzene rings is 1. The first kappa shape index (κ1) is 21.1. The molecule has 2 amide bonds. The monoisotopic (exact) mass is 432 g/mol. The van der Waals surface area contributed by atoms with Gasteiger partial charge >= 0.3 is 6.18 Å². The molecule has 4 rings (SSSR count). The lowest BCUT2D eigenvalue weighted by atomic mass is 10.1. The van der Waals surface area contributed by atoms with Crippen LogP contribution in [-0.4, -0.2) is 54.4 Å². The van der Waals surface area contributed by atoms with Crippen LogP contribution in [0.5, 0.6) is 0 Å². The zero-order valence-corrected chi connectivity index (χ0v) is 17.2. The van der Waals surface area contributed by atoms with Gasteiger partial charge in [0.1, 0.15) is 5.82 Å². The number of aromatic nitrogens is 1. The summed E-state index contributed by atoms with van der Waals surface area (Å²) < 4.78 is 38.3. The van der Waals surface area contributed by atoms with Crippen molar-refractivity contribution in [3.05, 3.63) is 53.2 Å². The highest BCUT2D eigenvalue weighted by Crippen LogP contribution is 2.30.